The van der Waals surface area contributed by atoms with Crippen LogP contribution in [0, 0.1) is 12.8 Å². The number of carbonyl (C=O) groups excluding carboxylic acids is 2. The van der Waals surface area contributed by atoms with E-state index in [1.165, 1.54) is 0 Å². The third-order valence-electron chi connectivity index (χ3n) is 6.94. The molecule has 2 aliphatic heterocycles. The van der Waals surface area contributed by atoms with Crippen LogP contribution < -0.4 is 0 Å². The fourth-order valence-corrected chi connectivity index (χ4v) is 5.40. The summed E-state index contributed by atoms with van der Waals surface area (Å²) in [6.45, 7) is 7.67. The van der Waals surface area contributed by atoms with Crippen LogP contribution in [0.3, 0.4) is 0 Å². The number of benzene rings is 2. The van der Waals surface area contributed by atoms with Gasteiger partial charge in [-0.3, -0.25) is 9.59 Å². The Labute approximate surface area is 194 Å². The molecule has 0 aliphatic carbocycles. The van der Waals surface area contributed by atoms with Crippen LogP contribution >= 0.6 is 0 Å². The number of piperidine rings is 1. The Kier molecular flexibility index (Phi) is 5.52. The van der Waals surface area contributed by atoms with Gasteiger partial charge >= 0.3 is 0 Å². The van der Waals surface area contributed by atoms with Gasteiger partial charge in [0.05, 0.1) is 17.4 Å². The summed E-state index contributed by atoms with van der Waals surface area (Å²) >= 11 is 0. The summed E-state index contributed by atoms with van der Waals surface area (Å²) < 4.78 is 1.82. The van der Waals surface area contributed by atoms with Crippen molar-refractivity contribution in [2.24, 2.45) is 5.92 Å². The van der Waals surface area contributed by atoms with Crippen molar-refractivity contribution in [3.05, 3.63) is 83.2 Å². The predicted molar refractivity (Wildman–Crippen MR) is 127 cm³/mol. The van der Waals surface area contributed by atoms with Crippen LogP contribution in [0.2, 0.25) is 0 Å². The Balaban J connectivity index is 1.41. The maximum Gasteiger partial charge on any atom is 0.273 e. The van der Waals surface area contributed by atoms with Gasteiger partial charge in [-0.05, 0) is 49.9 Å². The molecule has 2 aliphatic rings. The number of hydrogen-bond acceptors (Lipinski definition) is 3. The average molecular weight is 443 g/mol. The van der Waals surface area contributed by atoms with Crippen molar-refractivity contribution in [3.8, 4) is 5.69 Å². The molecule has 33 heavy (non-hydrogen) atoms. The van der Waals surface area contributed by atoms with Gasteiger partial charge in [-0.2, -0.15) is 5.10 Å². The van der Waals surface area contributed by atoms with Crippen LogP contribution in [0.5, 0.6) is 0 Å². The predicted octanol–water partition coefficient (Wildman–Crippen LogP) is 4.64. The lowest BCUT2D eigenvalue weighted by Crippen LogP contribution is -2.49. The molecule has 1 atom stereocenters. The highest BCUT2D eigenvalue weighted by Gasteiger charge is 2.47. The van der Waals surface area contributed by atoms with Gasteiger partial charge < -0.3 is 9.80 Å². The number of carbonyl (C=O) groups is 2. The van der Waals surface area contributed by atoms with Gasteiger partial charge in [0.15, 0.2) is 0 Å². The fourth-order valence-electron chi connectivity index (χ4n) is 5.40. The van der Waals surface area contributed by atoms with Gasteiger partial charge in [-0.1, -0.05) is 50.2 Å². The van der Waals surface area contributed by atoms with Gasteiger partial charge in [-0.15, -0.1) is 0 Å². The first-order valence-electron chi connectivity index (χ1n) is 11.8. The van der Waals surface area contributed by atoms with E-state index in [9.17, 15) is 9.59 Å². The minimum atomic E-state index is 0.00587. The van der Waals surface area contributed by atoms with E-state index in [4.69, 9.17) is 5.10 Å². The Morgan fingerprint density at radius 2 is 1.58 bits per heavy atom. The molecule has 0 N–H and O–H groups in total. The van der Waals surface area contributed by atoms with E-state index >= 15 is 0 Å². The van der Waals surface area contributed by atoms with Crippen molar-refractivity contribution in [3.63, 3.8) is 0 Å². The number of fused-ring (bicyclic) bond motifs is 1. The number of hydrogen-bond donors (Lipinski definition) is 0. The van der Waals surface area contributed by atoms with Crippen LogP contribution in [-0.4, -0.2) is 50.5 Å². The second-order valence-corrected chi connectivity index (χ2v) is 9.39. The molecule has 1 fully saturated rings. The zero-order chi connectivity index (χ0) is 23.1. The molecule has 2 amide bonds. The van der Waals surface area contributed by atoms with E-state index in [-0.39, 0.29) is 29.8 Å². The Morgan fingerprint density at radius 3 is 2.18 bits per heavy atom. The summed E-state index contributed by atoms with van der Waals surface area (Å²) in [5.41, 5.74) is 4.30. The first kappa shape index (κ1) is 21.4. The first-order chi connectivity index (χ1) is 16.0. The maximum atomic E-state index is 13.8. The highest BCUT2D eigenvalue weighted by atomic mass is 16.2. The number of likely N-dealkylation sites (tertiary alicyclic amines) is 1. The zero-order valence-electron chi connectivity index (χ0n) is 19.4. The van der Waals surface area contributed by atoms with Crippen LogP contribution in [-0.2, 0) is 0 Å². The van der Waals surface area contributed by atoms with Crippen molar-refractivity contribution in [1.82, 2.24) is 19.6 Å². The van der Waals surface area contributed by atoms with Gasteiger partial charge in [-0.25, -0.2) is 4.68 Å². The summed E-state index contributed by atoms with van der Waals surface area (Å²) in [7, 11) is 0. The lowest BCUT2D eigenvalue weighted by molar-refractivity contribution is 0.0393. The molecule has 0 saturated carbocycles. The fraction of sp³-hybridized carbons (Fsp3) is 0.370. The second kappa shape index (κ2) is 8.50. The monoisotopic (exact) mass is 442 g/mol. The van der Waals surface area contributed by atoms with E-state index in [1.807, 2.05) is 77.2 Å². The third kappa shape index (κ3) is 3.63. The summed E-state index contributed by atoms with van der Waals surface area (Å²) in [5.74, 6) is 0.397. The van der Waals surface area contributed by atoms with Crippen molar-refractivity contribution >= 4 is 11.8 Å². The van der Waals surface area contributed by atoms with Crippen LogP contribution in [0.15, 0.2) is 60.7 Å². The minimum Gasteiger partial charge on any atom is -0.338 e. The molecule has 0 spiro atoms. The minimum absolute atomic E-state index is 0.00587. The summed E-state index contributed by atoms with van der Waals surface area (Å²) in [5, 5.41) is 4.75. The van der Waals surface area contributed by atoms with E-state index in [0.29, 0.717) is 18.8 Å². The largest absolute Gasteiger partial charge is 0.338 e. The van der Waals surface area contributed by atoms with Gasteiger partial charge in [0.2, 0.25) is 0 Å². The number of aromatic nitrogens is 2. The topological polar surface area (TPSA) is 58.4 Å². The Hall–Kier alpha value is -3.41. The summed E-state index contributed by atoms with van der Waals surface area (Å²) in [4.78, 5) is 30.7. The molecule has 0 radical (unpaired) electrons. The van der Waals surface area contributed by atoms with Crippen LogP contribution in [0.25, 0.3) is 5.69 Å². The van der Waals surface area contributed by atoms with Crippen LogP contribution in [0.4, 0.5) is 0 Å². The normalized spacial score (nSPS) is 18.8. The van der Waals surface area contributed by atoms with Gasteiger partial charge in [0.1, 0.15) is 5.69 Å². The summed E-state index contributed by atoms with van der Waals surface area (Å²) in [6.07, 6.45) is 1.57. The molecule has 6 nitrogen and oxygen atoms in total. The second-order valence-electron chi connectivity index (χ2n) is 9.39. The van der Waals surface area contributed by atoms with E-state index in [1.54, 1.807) is 0 Å². The molecule has 170 valence electrons. The summed E-state index contributed by atoms with van der Waals surface area (Å²) in [6, 6.07) is 19.4. The molecule has 3 aromatic rings. The maximum absolute atomic E-state index is 13.8. The van der Waals surface area contributed by atoms with Crippen LogP contribution in [0.1, 0.15) is 64.8 Å². The smallest absolute Gasteiger partial charge is 0.273 e. The van der Waals surface area contributed by atoms with E-state index in [0.717, 1.165) is 35.3 Å². The standard InChI is InChI=1S/C27H30N4O2/c1-18(2)24-23-19(3)28-31(22-12-8-5-9-13-22)25(23)27(33)30(24)21-14-16-29(17-15-21)26(32)20-10-6-4-7-11-20/h4-13,18,21,24H,14-17H2,1-3H3. The molecule has 1 aromatic heterocycles. The molecule has 6 heteroatoms. The quantitative estimate of drug-likeness (QED) is 0.592. The van der Waals surface area contributed by atoms with E-state index < -0.39 is 0 Å². The Morgan fingerprint density at radius 1 is 0.970 bits per heavy atom. The van der Waals surface area contributed by atoms with E-state index in [2.05, 4.69) is 18.7 Å². The molecule has 2 aromatic carbocycles. The lowest BCUT2D eigenvalue weighted by Gasteiger charge is -2.40. The molecular formula is C27H30N4O2. The first-order valence-corrected chi connectivity index (χ1v) is 11.8. The number of para-hydroxylation sites is 1. The highest BCUT2D eigenvalue weighted by molar-refractivity contribution is 5.99. The van der Waals surface area contributed by atoms with Crippen molar-refractivity contribution < 1.29 is 9.59 Å². The number of nitrogens with zero attached hydrogens (tertiary/aromatic N) is 4. The number of amides is 2. The van der Waals surface area contributed by atoms with Gasteiger partial charge in [0.25, 0.3) is 11.8 Å². The molecular weight excluding hydrogens is 412 g/mol. The lowest BCUT2D eigenvalue weighted by atomic mass is 9.93. The molecule has 3 heterocycles. The average Bonchev–Trinajstić information content (AvgIpc) is 3.35. The molecule has 1 unspecified atom stereocenters. The number of aryl methyl sites for hydroxylation is 1. The van der Waals surface area contributed by atoms with Crippen molar-refractivity contribution in [2.75, 3.05) is 13.1 Å². The van der Waals surface area contributed by atoms with Gasteiger partial charge in [0, 0.05) is 30.3 Å². The molecule has 5 rings (SSSR count). The number of rotatable bonds is 4. The third-order valence-corrected chi connectivity index (χ3v) is 6.94. The molecule has 1 saturated heterocycles. The highest BCUT2D eigenvalue weighted by Crippen LogP contribution is 2.44. The van der Waals surface area contributed by atoms with Crippen molar-refractivity contribution in [1.29, 1.82) is 0 Å². The van der Waals surface area contributed by atoms with Crippen molar-refractivity contribution in [2.45, 2.75) is 45.7 Å². The Bertz CT molecular complexity index is 1160. The zero-order valence-corrected chi connectivity index (χ0v) is 19.4. The SMILES string of the molecule is Cc1nn(-c2ccccc2)c2c1C(C(C)C)N(C1CCN(C(=O)c3ccccc3)CC1)C2=O. The molecule has 0 bridgehead atoms.